The average Bonchev–Trinajstić information content (AvgIpc) is 2.59. The smallest absolute Gasteiger partial charge is 0.221 e. The number of amides is 1. The Morgan fingerprint density at radius 3 is 2.84 bits per heavy atom. The standard InChI is InChI=1S/C17H20N4O3S/c1-11-10-13-4-3-9-18-16(13)17(19-11)21-23-24-25-15-7-5-14(6-8-15)20-12(2)22/h3-10,16-19,21H,1-2H3,(H,20,22). The van der Waals surface area contributed by atoms with Crippen molar-refractivity contribution in [2.75, 3.05) is 5.32 Å². The third kappa shape index (κ3) is 4.86. The van der Waals surface area contributed by atoms with Crippen LogP contribution in [0.15, 0.2) is 64.9 Å². The predicted molar refractivity (Wildman–Crippen MR) is 96.7 cm³/mol. The van der Waals surface area contributed by atoms with Crippen molar-refractivity contribution in [2.45, 2.75) is 31.0 Å². The number of nitrogens with one attached hydrogen (secondary N) is 4. The number of dihydropyridines is 1. The molecule has 2 aliphatic heterocycles. The van der Waals surface area contributed by atoms with E-state index in [0.29, 0.717) is 0 Å². The molecule has 0 bridgehead atoms. The largest absolute Gasteiger partial charge is 0.381 e. The molecular formula is C17H20N4O3S. The second kappa shape index (κ2) is 8.21. The molecule has 0 saturated carbocycles. The molecule has 2 unspecified atom stereocenters. The molecular weight excluding hydrogens is 340 g/mol. The molecule has 1 amide bonds. The highest BCUT2D eigenvalue weighted by Gasteiger charge is 2.28. The van der Waals surface area contributed by atoms with Gasteiger partial charge in [0.25, 0.3) is 0 Å². The third-order valence-corrected chi connectivity index (χ3v) is 4.23. The summed E-state index contributed by atoms with van der Waals surface area (Å²) in [5.41, 5.74) is 5.82. The fourth-order valence-electron chi connectivity index (χ4n) is 2.59. The summed E-state index contributed by atoms with van der Waals surface area (Å²) in [4.78, 5) is 17.0. The number of carbonyl (C=O) groups is 1. The maximum Gasteiger partial charge on any atom is 0.221 e. The molecule has 0 saturated heterocycles. The molecule has 25 heavy (non-hydrogen) atoms. The van der Waals surface area contributed by atoms with Crippen LogP contribution in [0.1, 0.15) is 13.8 Å². The van der Waals surface area contributed by atoms with Gasteiger partial charge >= 0.3 is 0 Å². The number of carbonyl (C=O) groups excluding carboxylic acids is 1. The van der Waals surface area contributed by atoms with Crippen molar-refractivity contribution in [1.82, 2.24) is 16.1 Å². The van der Waals surface area contributed by atoms with Gasteiger partial charge in [-0.2, -0.15) is 0 Å². The summed E-state index contributed by atoms with van der Waals surface area (Å²) in [6, 6.07) is 7.32. The third-order valence-electron chi connectivity index (χ3n) is 3.63. The first-order valence-corrected chi connectivity index (χ1v) is 8.57. The van der Waals surface area contributed by atoms with Gasteiger partial charge in [0.1, 0.15) is 6.17 Å². The van der Waals surface area contributed by atoms with E-state index in [2.05, 4.69) is 33.6 Å². The van der Waals surface area contributed by atoms with Crippen molar-refractivity contribution in [3.8, 4) is 0 Å². The van der Waals surface area contributed by atoms with Crippen molar-refractivity contribution in [1.29, 1.82) is 0 Å². The van der Waals surface area contributed by atoms with Crippen LogP contribution in [-0.4, -0.2) is 18.1 Å². The molecule has 7 nitrogen and oxygen atoms in total. The zero-order valence-electron chi connectivity index (χ0n) is 13.9. The fourth-order valence-corrected chi connectivity index (χ4v) is 2.99. The molecule has 1 aromatic rings. The Morgan fingerprint density at radius 2 is 2.08 bits per heavy atom. The summed E-state index contributed by atoms with van der Waals surface area (Å²) in [5, 5.41) is 9.28. The van der Waals surface area contributed by atoms with Crippen molar-refractivity contribution >= 4 is 23.6 Å². The van der Waals surface area contributed by atoms with Crippen molar-refractivity contribution < 1.29 is 14.1 Å². The Labute approximate surface area is 150 Å². The molecule has 4 N–H and O–H groups in total. The Bertz CT molecular complexity index is 712. The average molecular weight is 360 g/mol. The molecule has 1 aromatic carbocycles. The van der Waals surface area contributed by atoms with Crippen LogP contribution >= 0.6 is 12.0 Å². The SMILES string of the molecule is CC(=O)Nc1ccc(SOONC2NC(C)=CC3=CC=CNC32)cc1. The second-order valence-electron chi connectivity index (χ2n) is 5.68. The fraction of sp³-hybridized carbons (Fsp3) is 0.235. The zero-order valence-corrected chi connectivity index (χ0v) is 14.7. The predicted octanol–water partition coefficient (Wildman–Crippen LogP) is 2.35. The Hall–Kier alpha value is -2.26. The second-order valence-corrected chi connectivity index (χ2v) is 6.45. The number of allylic oxidation sites excluding steroid dienone is 3. The van der Waals surface area contributed by atoms with Crippen molar-refractivity contribution in [3.63, 3.8) is 0 Å². The lowest BCUT2D eigenvalue weighted by molar-refractivity contribution is -0.256. The summed E-state index contributed by atoms with van der Waals surface area (Å²) >= 11 is 1.08. The van der Waals surface area contributed by atoms with E-state index in [1.165, 1.54) is 12.5 Å². The summed E-state index contributed by atoms with van der Waals surface area (Å²) in [5.74, 6) is -0.104. The maximum absolute atomic E-state index is 11.0. The molecule has 2 heterocycles. The maximum atomic E-state index is 11.0. The summed E-state index contributed by atoms with van der Waals surface area (Å²) < 4.78 is 5.15. The summed E-state index contributed by atoms with van der Waals surface area (Å²) in [6.07, 6.45) is 7.85. The van der Waals surface area contributed by atoms with E-state index >= 15 is 0 Å². The quantitative estimate of drug-likeness (QED) is 0.268. The van der Waals surface area contributed by atoms with Gasteiger partial charge in [0.2, 0.25) is 5.91 Å². The minimum atomic E-state index is -0.163. The van der Waals surface area contributed by atoms with Crippen LogP contribution in [0.4, 0.5) is 5.69 Å². The van der Waals surface area contributed by atoms with E-state index in [1.54, 1.807) is 12.1 Å². The Balaban J connectivity index is 1.45. The number of hydrogen-bond donors (Lipinski definition) is 4. The van der Waals surface area contributed by atoms with Crippen molar-refractivity contribution in [2.24, 2.45) is 0 Å². The highest BCUT2D eigenvalue weighted by molar-refractivity contribution is 7.94. The minimum Gasteiger partial charge on any atom is -0.381 e. The van der Waals surface area contributed by atoms with Crippen molar-refractivity contribution in [3.05, 3.63) is 60.0 Å². The van der Waals surface area contributed by atoms with Crippen LogP contribution in [0.3, 0.4) is 0 Å². The molecule has 0 radical (unpaired) electrons. The molecule has 0 fully saturated rings. The van der Waals surface area contributed by atoms with Crippen LogP contribution in [0.5, 0.6) is 0 Å². The number of fused-ring (bicyclic) bond motifs is 1. The van der Waals surface area contributed by atoms with Crippen LogP contribution in [0.2, 0.25) is 0 Å². The van der Waals surface area contributed by atoms with E-state index in [1.807, 2.05) is 31.3 Å². The molecule has 0 aliphatic carbocycles. The molecule has 3 rings (SSSR count). The Kier molecular flexibility index (Phi) is 5.77. The number of benzene rings is 1. The lowest BCUT2D eigenvalue weighted by Crippen LogP contribution is -2.57. The van der Waals surface area contributed by atoms with Gasteiger partial charge in [0.15, 0.2) is 0 Å². The molecule has 0 spiro atoms. The van der Waals surface area contributed by atoms with Gasteiger partial charge in [0, 0.05) is 23.2 Å². The monoisotopic (exact) mass is 360 g/mol. The first kappa shape index (κ1) is 17.6. The van der Waals surface area contributed by atoms with E-state index in [-0.39, 0.29) is 18.1 Å². The lowest BCUT2D eigenvalue weighted by Gasteiger charge is -2.35. The van der Waals surface area contributed by atoms with Gasteiger partial charge in [-0.1, -0.05) is 6.08 Å². The van der Waals surface area contributed by atoms with Crippen LogP contribution in [0, 0.1) is 0 Å². The molecule has 2 aliphatic rings. The first-order valence-electron chi connectivity index (χ1n) is 7.83. The molecule has 8 heteroatoms. The number of anilines is 1. The van der Waals surface area contributed by atoms with Gasteiger partial charge < -0.3 is 16.0 Å². The van der Waals surface area contributed by atoms with Crippen LogP contribution in [-0.2, 0) is 14.1 Å². The summed E-state index contributed by atoms with van der Waals surface area (Å²) in [6.45, 7) is 3.47. The van der Waals surface area contributed by atoms with Gasteiger partial charge in [-0.25, -0.2) is 0 Å². The minimum absolute atomic E-state index is 0.0549. The number of hydrogen-bond acceptors (Lipinski definition) is 7. The van der Waals surface area contributed by atoms with E-state index in [4.69, 9.17) is 9.32 Å². The number of rotatable bonds is 6. The topological polar surface area (TPSA) is 83.7 Å². The highest BCUT2D eigenvalue weighted by atomic mass is 32.2. The lowest BCUT2D eigenvalue weighted by atomic mass is 9.97. The van der Waals surface area contributed by atoms with Gasteiger partial charge in [-0.05, 0) is 55.1 Å². The van der Waals surface area contributed by atoms with Gasteiger partial charge in [-0.3, -0.25) is 4.79 Å². The summed E-state index contributed by atoms with van der Waals surface area (Å²) in [7, 11) is 0. The Morgan fingerprint density at radius 1 is 1.28 bits per heavy atom. The van der Waals surface area contributed by atoms with Gasteiger partial charge in [0.05, 0.1) is 18.1 Å². The van der Waals surface area contributed by atoms with Crippen LogP contribution < -0.4 is 21.4 Å². The first-order chi connectivity index (χ1) is 12.1. The van der Waals surface area contributed by atoms with Gasteiger partial charge in [-0.15, -0.1) is 14.8 Å². The number of hydroxylamine groups is 1. The highest BCUT2D eigenvalue weighted by Crippen LogP contribution is 2.22. The molecule has 0 aromatic heterocycles. The molecule has 132 valence electrons. The normalized spacial score (nSPS) is 21.4. The van der Waals surface area contributed by atoms with Crippen LogP contribution in [0.25, 0.3) is 0 Å². The van der Waals surface area contributed by atoms with E-state index < -0.39 is 0 Å². The van der Waals surface area contributed by atoms with E-state index in [0.717, 1.165) is 28.3 Å². The van der Waals surface area contributed by atoms with E-state index in [9.17, 15) is 4.79 Å². The molecule has 2 atom stereocenters. The zero-order chi connectivity index (χ0) is 17.6.